The molecule has 0 radical (unpaired) electrons. The molecule has 8 heteroatoms. The van der Waals surface area contributed by atoms with E-state index >= 15 is 0 Å². The predicted molar refractivity (Wildman–Crippen MR) is 87.5 cm³/mol. The molecule has 0 saturated carbocycles. The number of aromatic nitrogens is 3. The molecule has 0 fully saturated rings. The number of carboxylic acids is 1. The van der Waals surface area contributed by atoms with Crippen LogP contribution >= 0.6 is 0 Å². The Hall–Kier alpha value is -3.42. The highest BCUT2D eigenvalue weighted by molar-refractivity contribution is 5.95. The number of carbonyl (C=O) groups excluding carboxylic acids is 1. The van der Waals surface area contributed by atoms with Crippen molar-refractivity contribution in [1.82, 2.24) is 19.7 Å². The Kier molecular flexibility index (Phi) is 4.34. The zero-order valence-corrected chi connectivity index (χ0v) is 13.7. The van der Waals surface area contributed by atoms with Crippen LogP contribution in [0.5, 0.6) is 0 Å². The van der Waals surface area contributed by atoms with E-state index in [9.17, 15) is 9.59 Å². The second-order valence-electron chi connectivity index (χ2n) is 5.53. The van der Waals surface area contributed by atoms with E-state index in [2.05, 4.69) is 10.1 Å². The first-order chi connectivity index (χ1) is 12.0. The first-order valence-corrected chi connectivity index (χ1v) is 7.51. The summed E-state index contributed by atoms with van der Waals surface area (Å²) in [6.07, 6.45) is 4.11. The third kappa shape index (κ3) is 3.27. The lowest BCUT2D eigenvalue weighted by Gasteiger charge is -2.24. The topological polar surface area (TPSA) is 101 Å². The number of hydrogen-bond acceptors (Lipinski definition) is 5. The summed E-state index contributed by atoms with van der Waals surface area (Å²) >= 11 is 0. The van der Waals surface area contributed by atoms with Gasteiger partial charge in [0.15, 0.2) is 5.76 Å². The fourth-order valence-corrected chi connectivity index (χ4v) is 2.38. The van der Waals surface area contributed by atoms with Gasteiger partial charge in [-0.25, -0.2) is 14.5 Å². The first-order valence-electron chi connectivity index (χ1n) is 7.51. The summed E-state index contributed by atoms with van der Waals surface area (Å²) in [6.45, 7) is 1.88. The average molecular weight is 340 g/mol. The zero-order valence-electron chi connectivity index (χ0n) is 13.7. The number of nitrogens with zero attached hydrogens (tertiary/aromatic N) is 4. The summed E-state index contributed by atoms with van der Waals surface area (Å²) < 4.78 is 6.71. The molecule has 1 aromatic carbocycles. The van der Waals surface area contributed by atoms with Crippen LogP contribution in [0.3, 0.4) is 0 Å². The Bertz CT molecular complexity index is 884. The molecule has 1 amide bonds. The smallest absolute Gasteiger partial charge is 0.338 e. The van der Waals surface area contributed by atoms with Crippen molar-refractivity contribution < 1.29 is 19.1 Å². The van der Waals surface area contributed by atoms with Crippen molar-refractivity contribution in [2.24, 2.45) is 0 Å². The lowest BCUT2D eigenvalue weighted by molar-refractivity contribution is 0.0692. The minimum Gasteiger partial charge on any atom is -0.478 e. The van der Waals surface area contributed by atoms with Crippen LogP contribution in [0.15, 0.2) is 53.7 Å². The van der Waals surface area contributed by atoms with Gasteiger partial charge in [0.25, 0.3) is 5.91 Å². The molecule has 8 nitrogen and oxygen atoms in total. The van der Waals surface area contributed by atoms with Gasteiger partial charge in [-0.3, -0.25) is 4.79 Å². The molecule has 25 heavy (non-hydrogen) atoms. The van der Waals surface area contributed by atoms with Crippen molar-refractivity contribution in [2.75, 3.05) is 7.05 Å². The zero-order chi connectivity index (χ0) is 18.0. The second kappa shape index (κ2) is 6.60. The van der Waals surface area contributed by atoms with Gasteiger partial charge in [0.1, 0.15) is 18.9 Å². The minimum absolute atomic E-state index is 0.00835. The molecule has 3 rings (SSSR count). The number of rotatable bonds is 5. The van der Waals surface area contributed by atoms with Crippen LogP contribution in [-0.2, 0) is 0 Å². The number of benzene rings is 1. The maximum Gasteiger partial charge on any atom is 0.338 e. The number of hydrogen-bond donors (Lipinski definition) is 1. The summed E-state index contributed by atoms with van der Waals surface area (Å²) in [7, 11) is 1.64. The van der Waals surface area contributed by atoms with Gasteiger partial charge in [0.05, 0.1) is 17.3 Å². The van der Waals surface area contributed by atoms with Crippen LogP contribution in [-0.4, -0.2) is 43.7 Å². The molecule has 3 aromatic rings. The Balaban J connectivity index is 1.75. The molecule has 0 aliphatic carbocycles. The van der Waals surface area contributed by atoms with E-state index in [4.69, 9.17) is 9.52 Å². The summed E-state index contributed by atoms with van der Waals surface area (Å²) in [6, 6.07) is 8.56. The standard InChI is InChI=1S/C17H16N4O4/c1-11(12-3-5-14(6-4-12)21-10-18-9-19-21)20(2)16(22)15-7-13(8-25-15)17(23)24/h3-11H,1-2H3,(H,23,24). The van der Waals surface area contributed by atoms with Crippen molar-refractivity contribution in [3.63, 3.8) is 0 Å². The van der Waals surface area contributed by atoms with Gasteiger partial charge in [-0.2, -0.15) is 5.10 Å². The van der Waals surface area contributed by atoms with E-state index in [0.29, 0.717) is 0 Å². The molecule has 0 spiro atoms. The monoisotopic (exact) mass is 340 g/mol. The van der Waals surface area contributed by atoms with Gasteiger partial charge < -0.3 is 14.4 Å². The number of aromatic carboxylic acids is 1. The molecule has 2 aromatic heterocycles. The summed E-state index contributed by atoms with van der Waals surface area (Å²) in [5.41, 5.74) is 1.73. The number of carboxylic acid groups (broad SMARTS) is 1. The second-order valence-corrected chi connectivity index (χ2v) is 5.53. The van der Waals surface area contributed by atoms with Crippen LogP contribution in [0, 0.1) is 0 Å². The Morgan fingerprint density at radius 3 is 2.56 bits per heavy atom. The summed E-state index contributed by atoms with van der Waals surface area (Å²) in [4.78, 5) is 28.8. The van der Waals surface area contributed by atoms with Gasteiger partial charge in [-0.05, 0) is 24.6 Å². The Morgan fingerprint density at radius 1 is 1.28 bits per heavy atom. The van der Waals surface area contributed by atoms with Crippen molar-refractivity contribution in [2.45, 2.75) is 13.0 Å². The highest BCUT2D eigenvalue weighted by Gasteiger charge is 2.23. The van der Waals surface area contributed by atoms with Gasteiger partial charge in [0, 0.05) is 13.1 Å². The Labute approximate surface area is 143 Å². The van der Waals surface area contributed by atoms with Crippen LogP contribution in [0.25, 0.3) is 5.69 Å². The quantitative estimate of drug-likeness (QED) is 0.765. The Morgan fingerprint density at radius 2 is 2.00 bits per heavy atom. The van der Waals surface area contributed by atoms with Gasteiger partial charge in [0.2, 0.25) is 0 Å². The van der Waals surface area contributed by atoms with E-state index in [-0.39, 0.29) is 23.3 Å². The van der Waals surface area contributed by atoms with Crippen molar-refractivity contribution in [3.8, 4) is 5.69 Å². The van der Waals surface area contributed by atoms with Crippen molar-refractivity contribution in [3.05, 3.63) is 66.1 Å². The summed E-state index contributed by atoms with van der Waals surface area (Å²) in [5, 5.41) is 13.0. The van der Waals surface area contributed by atoms with Crippen molar-refractivity contribution in [1.29, 1.82) is 0 Å². The summed E-state index contributed by atoms with van der Waals surface area (Å²) in [5.74, 6) is -1.53. The molecule has 1 unspecified atom stereocenters. The van der Waals surface area contributed by atoms with Gasteiger partial charge in [-0.15, -0.1) is 0 Å². The number of carbonyl (C=O) groups is 2. The van der Waals surface area contributed by atoms with E-state index in [1.165, 1.54) is 17.3 Å². The van der Waals surface area contributed by atoms with Crippen molar-refractivity contribution >= 4 is 11.9 Å². The fraction of sp³-hybridized carbons (Fsp3) is 0.176. The molecular formula is C17H16N4O4. The van der Waals surface area contributed by atoms with E-state index in [1.807, 2.05) is 31.2 Å². The number of amides is 1. The maximum absolute atomic E-state index is 12.5. The molecule has 0 bridgehead atoms. The van der Waals surface area contributed by atoms with Crippen LogP contribution in [0.2, 0.25) is 0 Å². The third-order valence-corrected chi connectivity index (χ3v) is 4.02. The molecule has 128 valence electrons. The van der Waals surface area contributed by atoms with E-state index < -0.39 is 5.97 Å². The molecular weight excluding hydrogens is 324 g/mol. The predicted octanol–water partition coefficient (Wildman–Crippen LogP) is 2.39. The third-order valence-electron chi connectivity index (χ3n) is 4.02. The SMILES string of the molecule is CC(c1ccc(-n2cncn2)cc1)N(C)C(=O)c1cc(C(=O)O)co1. The normalized spacial score (nSPS) is 11.9. The maximum atomic E-state index is 12.5. The lowest BCUT2D eigenvalue weighted by Crippen LogP contribution is -2.29. The van der Waals surface area contributed by atoms with Crippen LogP contribution in [0.1, 0.15) is 39.4 Å². The van der Waals surface area contributed by atoms with E-state index in [0.717, 1.165) is 17.5 Å². The van der Waals surface area contributed by atoms with E-state index in [1.54, 1.807) is 18.1 Å². The molecule has 0 saturated heterocycles. The van der Waals surface area contributed by atoms with Crippen LogP contribution < -0.4 is 0 Å². The molecule has 0 aliphatic rings. The fourth-order valence-electron chi connectivity index (χ4n) is 2.38. The first kappa shape index (κ1) is 16.4. The van der Waals surface area contributed by atoms with Crippen LogP contribution in [0.4, 0.5) is 0 Å². The molecule has 0 aliphatic heterocycles. The largest absolute Gasteiger partial charge is 0.478 e. The lowest BCUT2D eigenvalue weighted by atomic mass is 10.1. The number of furan rings is 1. The average Bonchev–Trinajstić information content (AvgIpc) is 3.31. The minimum atomic E-state index is -1.14. The van der Waals surface area contributed by atoms with Gasteiger partial charge in [-0.1, -0.05) is 12.1 Å². The highest BCUT2D eigenvalue weighted by Crippen LogP contribution is 2.22. The van der Waals surface area contributed by atoms with Gasteiger partial charge >= 0.3 is 5.97 Å². The highest BCUT2D eigenvalue weighted by atomic mass is 16.4. The molecule has 1 N–H and O–H groups in total. The molecule has 1 atom stereocenters. The molecule has 2 heterocycles.